The lowest BCUT2D eigenvalue weighted by atomic mass is 10.0. The third kappa shape index (κ3) is 4.35. The van der Waals surface area contributed by atoms with Crippen LogP contribution in [0, 0.1) is 5.82 Å². The molecule has 1 saturated heterocycles. The van der Waals surface area contributed by atoms with Crippen LogP contribution in [0.3, 0.4) is 0 Å². The van der Waals surface area contributed by atoms with Crippen LogP contribution in [0.4, 0.5) is 15.9 Å². The second-order valence-corrected chi connectivity index (χ2v) is 7.53. The van der Waals surface area contributed by atoms with Gasteiger partial charge in [0.25, 0.3) is 0 Å². The average molecular weight is 429 g/mol. The van der Waals surface area contributed by atoms with Gasteiger partial charge in [-0.25, -0.2) is 14.4 Å². The second-order valence-electron chi connectivity index (χ2n) is 7.09. The molecule has 7 nitrogen and oxygen atoms in total. The zero-order valence-electron chi connectivity index (χ0n) is 16.7. The number of hydrogen-bond donors (Lipinski definition) is 2. The van der Waals surface area contributed by atoms with E-state index in [2.05, 4.69) is 37.5 Å². The number of rotatable bonds is 5. The highest BCUT2D eigenvalue weighted by Gasteiger charge is 2.22. The minimum Gasteiger partial charge on any atom is -0.491 e. The van der Waals surface area contributed by atoms with Crippen LogP contribution in [-0.2, 0) is 0 Å². The Kier molecular flexibility index (Phi) is 6.08. The van der Waals surface area contributed by atoms with E-state index in [0.717, 1.165) is 30.9 Å². The van der Waals surface area contributed by atoms with E-state index >= 15 is 0 Å². The molecule has 2 N–H and O–H groups in total. The van der Waals surface area contributed by atoms with E-state index in [-0.39, 0.29) is 17.4 Å². The van der Waals surface area contributed by atoms with E-state index in [9.17, 15) is 4.39 Å². The summed E-state index contributed by atoms with van der Waals surface area (Å²) in [5, 5.41) is 7.25. The topological polar surface area (TPSA) is 75.2 Å². The number of aromatic nitrogens is 3. The second kappa shape index (κ2) is 8.91. The van der Waals surface area contributed by atoms with Crippen molar-refractivity contribution in [2.75, 3.05) is 39.1 Å². The number of benzene rings is 1. The van der Waals surface area contributed by atoms with Gasteiger partial charge in [0, 0.05) is 54.3 Å². The van der Waals surface area contributed by atoms with Crippen LogP contribution in [0.1, 0.15) is 11.6 Å². The Morgan fingerprint density at radius 3 is 2.97 bits per heavy atom. The monoisotopic (exact) mass is 428 g/mol. The number of nitrogens with one attached hydrogen (secondary N) is 2. The quantitative estimate of drug-likeness (QED) is 0.642. The molecule has 0 spiro atoms. The van der Waals surface area contributed by atoms with Crippen LogP contribution >= 0.6 is 11.6 Å². The third-order valence-corrected chi connectivity index (χ3v) is 5.24. The molecule has 0 saturated carbocycles. The summed E-state index contributed by atoms with van der Waals surface area (Å²) in [4.78, 5) is 15.3. The smallest absolute Gasteiger partial charge is 0.179 e. The van der Waals surface area contributed by atoms with Crippen LogP contribution in [0.2, 0.25) is 5.02 Å². The molecule has 156 valence electrons. The lowest BCUT2D eigenvalue weighted by Gasteiger charge is -2.32. The number of nitrogens with zero attached hydrogens (tertiary/aromatic N) is 4. The Bertz CT molecular complexity index is 1050. The van der Waals surface area contributed by atoms with E-state index in [0.29, 0.717) is 16.6 Å². The van der Waals surface area contributed by atoms with Crippen LogP contribution in [-0.4, -0.2) is 53.6 Å². The minimum absolute atomic E-state index is 0.123. The lowest BCUT2D eigenvalue weighted by Crippen LogP contribution is -2.43. The predicted molar refractivity (Wildman–Crippen MR) is 115 cm³/mol. The summed E-state index contributed by atoms with van der Waals surface area (Å²) >= 11 is 6.03. The van der Waals surface area contributed by atoms with E-state index in [1.165, 1.54) is 31.5 Å². The van der Waals surface area contributed by atoms with Crippen molar-refractivity contribution in [2.45, 2.75) is 6.04 Å². The van der Waals surface area contributed by atoms with Gasteiger partial charge in [0.15, 0.2) is 17.4 Å². The first-order valence-electron chi connectivity index (χ1n) is 9.54. The molecule has 1 atom stereocenters. The van der Waals surface area contributed by atoms with Gasteiger partial charge in [0.05, 0.1) is 18.9 Å². The number of likely N-dealkylation sites (N-methyl/N-ethyl adjacent to an activating group) is 1. The molecule has 4 rings (SSSR count). The molecule has 2 aromatic heterocycles. The lowest BCUT2D eigenvalue weighted by molar-refractivity contribution is 0.241. The maximum absolute atomic E-state index is 14.3. The van der Waals surface area contributed by atoms with Crippen molar-refractivity contribution >= 4 is 23.1 Å². The summed E-state index contributed by atoms with van der Waals surface area (Å²) in [7, 11) is 3.63. The highest BCUT2D eigenvalue weighted by atomic mass is 35.5. The molecule has 30 heavy (non-hydrogen) atoms. The highest BCUT2D eigenvalue weighted by molar-refractivity contribution is 6.30. The van der Waals surface area contributed by atoms with Crippen molar-refractivity contribution < 1.29 is 9.13 Å². The van der Waals surface area contributed by atoms with Crippen LogP contribution in [0.25, 0.3) is 11.4 Å². The van der Waals surface area contributed by atoms with Crippen molar-refractivity contribution in [2.24, 2.45) is 0 Å². The van der Waals surface area contributed by atoms with Crippen molar-refractivity contribution in [3.05, 3.63) is 59.3 Å². The maximum Gasteiger partial charge on any atom is 0.179 e. The van der Waals surface area contributed by atoms with Crippen LogP contribution in [0.15, 0.2) is 42.9 Å². The standard InChI is InChI=1S/C21H22ClFN6O/c1-29-8-7-25-18(12-29)15-10-24-6-5-17(15)27-21-19(30-2)11-26-20(28-21)14-9-13(22)3-4-16(14)23/h3-6,9-11,18,25H,7-8,12H2,1-2H3,(H,24,26,27,28). The Labute approximate surface area is 179 Å². The SMILES string of the molecule is COc1cnc(-c2cc(Cl)ccc2F)nc1Nc1ccncc1C1CN(C)CCN1. The Morgan fingerprint density at radius 1 is 1.30 bits per heavy atom. The number of hydrogen-bond acceptors (Lipinski definition) is 7. The fraction of sp³-hybridized carbons (Fsp3) is 0.286. The minimum atomic E-state index is -0.449. The molecule has 1 aliphatic rings. The summed E-state index contributed by atoms with van der Waals surface area (Å²) in [6, 6.07) is 6.29. The summed E-state index contributed by atoms with van der Waals surface area (Å²) < 4.78 is 19.7. The van der Waals surface area contributed by atoms with Crippen molar-refractivity contribution in [3.63, 3.8) is 0 Å². The molecule has 1 aromatic carbocycles. The zero-order chi connectivity index (χ0) is 21.1. The first kappa shape index (κ1) is 20.5. The Morgan fingerprint density at radius 2 is 2.17 bits per heavy atom. The molecule has 0 radical (unpaired) electrons. The van der Waals surface area contributed by atoms with Crippen molar-refractivity contribution in [1.29, 1.82) is 0 Å². The fourth-order valence-corrected chi connectivity index (χ4v) is 3.61. The van der Waals surface area contributed by atoms with Crippen molar-refractivity contribution in [3.8, 4) is 17.1 Å². The van der Waals surface area contributed by atoms with Gasteiger partial charge in [-0.3, -0.25) is 4.98 Å². The molecule has 0 bridgehead atoms. The van der Waals surface area contributed by atoms with Gasteiger partial charge in [-0.15, -0.1) is 0 Å². The zero-order valence-corrected chi connectivity index (χ0v) is 17.4. The van der Waals surface area contributed by atoms with Gasteiger partial charge in [-0.1, -0.05) is 11.6 Å². The summed E-state index contributed by atoms with van der Waals surface area (Å²) in [5.41, 5.74) is 2.08. The van der Waals surface area contributed by atoms with Gasteiger partial charge in [-0.05, 0) is 31.3 Å². The molecule has 1 fully saturated rings. The first-order chi connectivity index (χ1) is 14.5. The predicted octanol–water partition coefficient (Wildman–Crippen LogP) is 3.66. The van der Waals surface area contributed by atoms with E-state index < -0.39 is 5.82 Å². The Balaban J connectivity index is 1.71. The van der Waals surface area contributed by atoms with Crippen LogP contribution < -0.4 is 15.4 Å². The number of methoxy groups -OCH3 is 1. The summed E-state index contributed by atoms with van der Waals surface area (Å²) in [5.74, 6) is 0.634. The largest absolute Gasteiger partial charge is 0.491 e. The fourth-order valence-electron chi connectivity index (χ4n) is 3.44. The first-order valence-corrected chi connectivity index (χ1v) is 9.92. The van der Waals surface area contributed by atoms with Gasteiger partial charge in [-0.2, -0.15) is 0 Å². The third-order valence-electron chi connectivity index (χ3n) is 5.00. The van der Waals surface area contributed by atoms with Crippen LogP contribution in [0.5, 0.6) is 5.75 Å². The summed E-state index contributed by atoms with van der Waals surface area (Å²) in [6.45, 7) is 2.75. The van der Waals surface area contributed by atoms with E-state index in [4.69, 9.17) is 16.3 Å². The summed E-state index contributed by atoms with van der Waals surface area (Å²) in [6.07, 6.45) is 5.06. The maximum atomic E-state index is 14.3. The number of ether oxygens (including phenoxy) is 1. The number of piperazine rings is 1. The molecule has 9 heteroatoms. The van der Waals surface area contributed by atoms with Crippen molar-refractivity contribution in [1.82, 2.24) is 25.2 Å². The number of halogens is 2. The molecule has 0 aliphatic carbocycles. The number of pyridine rings is 1. The van der Waals surface area contributed by atoms with Gasteiger partial charge in [0.1, 0.15) is 5.82 Å². The molecule has 3 heterocycles. The van der Waals surface area contributed by atoms with E-state index in [1.807, 2.05) is 12.3 Å². The molecule has 0 amide bonds. The Hall–Kier alpha value is -2.81. The van der Waals surface area contributed by atoms with Gasteiger partial charge >= 0.3 is 0 Å². The number of anilines is 2. The van der Waals surface area contributed by atoms with Gasteiger partial charge < -0.3 is 20.3 Å². The highest BCUT2D eigenvalue weighted by Crippen LogP contribution is 2.32. The molecular formula is C21H22ClFN6O. The molecule has 3 aromatic rings. The molecule has 1 unspecified atom stereocenters. The molecular weight excluding hydrogens is 407 g/mol. The van der Waals surface area contributed by atoms with Gasteiger partial charge in [0.2, 0.25) is 0 Å². The average Bonchev–Trinajstić information content (AvgIpc) is 2.76. The molecule has 1 aliphatic heterocycles. The van der Waals surface area contributed by atoms with E-state index in [1.54, 1.807) is 6.20 Å². The normalized spacial score (nSPS) is 17.0.